The van der Waals surface area contributed by atoms with Gasteiger partial charge in [0.15, 0.2) is 5.11 Å². The predicted octanol–water partition coefficient (Wildman–Crippen LogP) is 4.56. The quantitative estimate of drug-likeness (QED) is 0.609. The first-order chi connectivity index (χ1) is 13.1. The molecule has 4 nitrogen and oxygen atoms in total. The highest BCUT2D eigenvalue weighted by molar-refractivity contribution is 9.10. The molecular formula is C20H27BrN4S2. The van der Waals surface area contributed by atoms with Crippen molar-refractivity contribution >= 4 is 50.3 Å². The Kier molecular flexibility index (Phi) is 7.66. The van der Waals surface area contributed by atoms with E-state index in [0.717, 1.165) is 42.9 Å². The monoisotopic (exact) mass is 466 g/mol. The summed E-state index contributed by atoms with van der Waals surface area (Å²) in [5, 5.41) is 9.64. The van der Waals surface area contributed by atoms with E-state index < -0.39 is 0 Å². The zero-order valence-corrected chi connectivity index (χ0v) is 19.0. The number of rotatable bonds is 6. The number of hydrogen-bond donors (Lipinski definition) is 2. The Morgan fingerprint density at radius 3 is 2.48 bits per heavy atom. The summed E-state index contributed by atoms with van der Waals surface area (Å²) in [6, 6.07) is 13.0. The molecule has 1 aromatic heterocycles. The number of halogens is 1. The molecular weight excluding hydrogens is 440 g/mol. The van der Waals surface area contributed by atoms with Crippen LogP contribution in [0.3, 0.4) is 0 Å². The number of anilines is 1. The molecule has 1 saturated heterocycles. The second-order valence-electron chi connectivity index (χ2n) is 6.82. The van der Waals surface area contributed by atoms with Crippen LogP contribution in [0.25, 0.3) is 0 Å². The molecule has 1 fully saturated rings. The fourth-order valence-electron chi connectivity index (χ4n) is 3.55. The lowest BCUT2D eigenvalue weighted by Gasteiger charge is -2.41. The summed E-state index contributed by atoms with van der Waals surface area (Å²) in [5.41, 5.74) is 0.993. The highest BCUT2D eigenvalue weighted by atomic mass is 79.9. The van der Waals surface area contributed by atoms with Gasteiger partial charge in [-0.15, -0.1) is 11.3 Å². The molecule has 0 unspecified atom stereocenters. The summed E-state index contributed by atoms with van der Waals surface area (Å²) in [6.45, 7) is 10.0. The van der Waals surface area contributed by atoms with Crippen molar-refractivity contribution in [3.63, 3.8) is 0 Å². The van der Waals surface area contributed by atoms with Gasteiger partial charge in [-0.05, 0) is 61.4 Å². The minimum absolute atomic E-state index is 0.215. The molecule has 2 aromatic rings. The van der Waals surface area contributed by atoms with Crippen LogP contribution in [0.1, 0.15) is 24.8 Å². The summed E-state index contributed by atoms with van der Waals surface area (Å²) in [7, 11) is 0. The van der Waals surface area contributed by atoms with E-state index in [9.17, 15) is 0 Å². The van der Waals surface area contributed by atoms with E-state index in [1.807, 2.05) is 35.6 Å². The highest BCUT2D eigenvalue weighted by Crippen LogP contribution is 2.29. The van der Waals surface area contributed by atoms with Crippen LogP contribution in [0.15, 0.2) is 46.3 Å². The lowest BCUT2D eigenvalue weighted by molar-refractivity contribution is 0.0883. The van der Waals surface area contributed by atoms with Gasteiger partial charge < -0.3 is 15.5 Å². The molecule has 1 aliphatic rings. The van der Waals surface area contributed by atoms with Crippen LogP contribution in [0.2, 0.25) is 0 Å². The van der Waals surface area contributed by atoms with Crippen molar-refractivity contribution in [1.82, 2.24) is 15.1 Å². The molecule has 2 N–H and O–H groups in total. The first-order valence-corrected chi connectivity index (χ1v) is 11.5. The Labute approximate surface area is 180 Å². The largest absolute Gasteiger partial charge is 0.358 e. The molecule has 2 heterocycles. The molecule has 3 rings (SSSR count). The lowest BCUT2D eigenvalue weighted by atomic mass is 10.1. The van der Waals surface area contributed by atoms with Crippen molar-refractivity contribution in [3.8, 4) is 0 Å². The van der Waals surface area contributed by atoms with E-state index >= 15 is 0 Å². The summed E-state index contributed by atoms with van der Waals surface area (Å²) < 4.78 is 1.06. The molecule has 2 atom stereocenters. The number of thiophene rings is 1. The SMILES string of the molecule is CCN1CCN([C@@H](c2cccs2)[C@@H](C)NC(=S)Nc2ccc(Br)cc2)CC1. The summed E-state index contributed by atoms with van der Waals surface area (Å²) in [4.78, 5) is 6.50. The minimum Gasteiger partial charge on any atom is -0.358 e. The van der Waals surface area contributed by atoms with Crippen LogP contribution < -0.4 is 10.6 Å². The zero-order chi connectivity index (χ0) is 19.2. The average molecular weight is 468 g/mol. The molecule has 0 saturated carbocycles. The number of likely N-dealkylation sites (N-methyl/N-ethyl adjacent to an activating group) is 1. The smallest absolute Gasteiger partial charge is 0.171 e. The molecule has 1 aliphatic heterocycles. The normalized spacial score (nSPS) is 18.0. The molecule has 0 bridgehead atoms. The number of nitrogens with zero attached hydrogens (tertiary/aromatic N) is 2. The predicted molar refractivity (Wildman–Crippen MR) is 124 cm³/mol. The van der Waals surface area contributed by atoms with Crippen molar-refractivity contribution in [1.29, 1.82) is 0 Å². The molecule has 146 valence electrons. The molecule has 27 heavy (non-hydrogen) atoms. The molecule has 0 amide bonds. The summed E-state index contributed by atoms with van der Waals surface area (Å²) >= 11 is 10.9. The van der Waals surface area contributed by atoms with Crippen molar-refractivity contribution < 1.29 is 0 Å². The Hall–Kier alpha value is -0.990. The maximum Gasteiger partial charge on any atom is 0.171 e. The van der Waals surface area contributed by atoms with Crippen LogP contribution in [-0.2, 0) is 0 Å². The van der Waals surface area contributed by atoms with Crippen LogP contribution >= 0.6 is 39.5 Å². The average Bonchev–Trinajstić information content (AvgIpc) is 3.18. The molecule has 7 heteroatoms. The minimum atomic E-state index is 0.215. The van der Waals surface area contributed by atoms with Gasteiger partial charge in [0.25, 0.3) is 0 Å². The fraction of sp³-hybridized carbons (Fsp3) is 0.450. The van der Waals surface area contributed by atoms with E-state index in [-0.39, 0.29) is 6.04 Å². The number of nitrogens with one attached hydrogen (secondary N) is 2. The van der Waals surface area contributed by atoms with E-state index in [1.165, 1.54) is 4.88 Å². The van der Waals surface area contributed by atoms with Gasteiger partial charge in [-0.25, -0.2) is 0 Å². The number of piperazine rings is 1. The third kappa shape index (κ3) is 5.74. The van der Waals surface area contributed by atoms with Gasteiger partial charge in [0.05, 0.1) is 6.04 Å². The second-order valence-corrected chi connectivity index (χ2v) is 9.13. The summed E-state index contributed by atoms with van der Waals surface area (Å²) in [6.07, 6.45) is 0. The van der Waals surface area contributed by atoms with Gasteiger partial charge in [0.2, 0.25) is 0 Å². The van der Waals surface area contributed by atoms with Crippen molar-refractivity contribution in [2.45, 2.75) is 25.9 Å². The van der Waals surface area contributed by atoms with Gasteiger partial charge >= 0.3 is 0 Å². The van der Waals surface area contributed by atoms with E-state index in [2.05, 4.69) is 67.7 Å². The van der Waals surface area contributed by atoms with E-state index in [1.54, 1.807) is 0 Å². The van der Waals surface area contributed by atoms with Crippen molar-refractivity contribution in [3.05, 3.63) is 51.1 Å². The molecule has 0 aliphatic carbocycles. The van der Waals surface area contributed by atoms with Gasteiger partial charge in [-0.3, -0.25) is 4.90 Å². The number of hydrogen-bond acceptors (Lipinski definition) is 4. The van der Waals surface area contributed by atoms with E-state index in [4.69, 9.17) is 12.2 Å². The Bertz CT molecular complexity index is 712. The third-order valence-corrected chi connectivity index (χ3v) is 6.71. The highest BCUT2D eigenvalue weighted by Gasteiger charge is 2.30. The molecule has 0 spiro atoms. The first kappa shape index (κ1) is 20.7. The van der Waals surface area contributed by atoms with Crippen LogP contribution in [0.4, 0.5) is 5.69 Å². The number of benzene rings is 1. The zero-order valence-electron chi connectivity index (χ0n) is 15.8. The van der Waals surface area contributed by atoms with Gasteiger partial charge in [-0.1, -0.05) is 28.9 Å². The standard InChI is InChI=1S/C20H27BrN4S2/c1-3-24-10-12-25(13-11-24)19(18-5-4-14-27-18)15(2)22-20(26)23-17-8-6-16(21)7-9-17/h4-9,14-15,19H,3,10-13H2,1-2H3,(H2,22,23,26)/t15-,19-/m1/s1. The van der Waals surface area contributed by atoms with Crippen LogP contribution in [-0.4, -0.2) is 53.7 Å². The van der Waals surface area contributed by atoms with Gasteiger partial charge in [0, 0.05) is 47.3 Å². The van der Waals surface area contributed by atoms with Crippen molar-refractivity contribution in [2.75, 3.05) is 38.0 Å². The number of thiocarbonyl (C=S) groups is 1. The van der Waals surface area contributed by atoms with Gasteiger partial charge in [-0.2, -0.15) is 0 Å². The molecule has 0 radical (unpaired) electrons. The third-order valence-electron chi connectivity index (χ3n) is 5.02. The maximum atomic E-state index is 5.58. The summed E-state index contributed by atoms with van der Waals surface area (Å²) in [5.74, 6) is 0. The Morgan fingerprint density at radius 2 is 1.89 bits per heavy atom. The van der Waals surface area contributed by atoms with Crippen LogP contribution in [0.5, 0.6) is 0 Å². The van der Waals surface area contributed by atoms with Crippen molar-refractivity contribution in [2.24, 2.45) is 0 Å². The fourth-order valence-corrected chi connectivity index (χ4v) is 5.08. The maximum absolute atomic E-state index is 5.58. The Balaban J connectivity index is 1.65. The second kappa shape index (κ2) is 9.98. The van der Waals surface area contributed by atoms with Crippen LogP contribution in [0, 0.1) is 0 Å². The lowest BCUT2D eigenvalue weighted by Crippen LogP contribution is -2.52. The topological polar surface area (TPSA) is 30.5 Å². The van der Waals surface area contributed by atoms with E-state index in [0.29, 0.717) is 11.2 Å². The van der Waals surface area contributed by atoms with Gasteiger partial charge in [0.1, 0.15) is 0 Å². The first-order valence-electron chi connectivity index (χ1n) is 9.39. The Morgan fingerprint density at radius 1 is 1.19 bits per heavy atom. The molecule has 1 aromatic carbocycles.